The van der Waals surface area contributed by atoms with E-state index in [0.717, 1.165) is 6.04 Å². The van der Waals surface area contributed by atoms with Gasteiger partial charge in [0.05, 0.1) is 0 Å². The Labute approximate surface area is 129 Å². The normalized spacial score (nSPS) is 28.1. The first-order valence-corrected chi connectivity index (χ1v) is 8.79. The lowest BCUT2D eigenvalue weighted by Crippen LogP contribution is -2.50. The minimum Gasteiger partial charge on any atom is -0.310 e. The highest BCUT2D eigenvalue weighted by Crippen LogP contribution is 2.28. The molecule has 1 saturated carbocycles. The molecule has 2 aliphatic rings. The second kappa shape index (κ2) is 6.93. The fourth-order valence-electron chi connectivity index (χ4n) is 4.08. The predicted molar refractivity (Wildman–Crippen MR) is 89.8 cm³/mol. The van der Waals surface area contributed by atoms with Gasteiger partial charge in [0.25, 0.3) is 0 Å². The van der Waals surface area contributed by atoms with Gasteiger partial charge in [0.2, 0.25) is 0 Å². The van der Waals surface area contributed by atoms with Gasteiger partial charge in [0.15, 0.2) is 0 Å². The number of likely N-dealkylation sites (N-methyl/N-ethyl adjacent to an activating group) is 1. The molecule has 3 rings (SSSR count). The molecule has 2 fully saturated rings. The van der Waals surface area contributed by atoms with Crippen LogP contribution >= 0.6 is 0 Å². The van der Waals surface area contributed by atoms with Crippen molar-refractivity contribution in [2.24, 2.45) is 0 Å². The van der Waals surface area contributed by atoms with Crippen LogP contribution in [0.4, 0.5) is 0 Å². The Morgan fingerprint density at radius 2 is 1.76 bits per heavy atom. The highest BCUT2D eigenvalue weighted by atomic mass is 15.2. The molecule has 0 spiro atoms. The monoisotopic (exact) mass is 286 g/mol. The SMILES string of the molecule is CCN1CC(NC2CCCC2)CC(c2ccc(C)cc2)C1. The Morgan fingerprint density at radius 1 is 1.05 bits per heavy atom. The number of aryl methyl sites for hydroxylation is 1. The molecule has 116 valence electrons. The molecule has 2 heteroatoms. The van der Waals surface area contributed by atoms with Crippen LogP contribution in [-0.2, 0) is 0 Å². The number of hydrogen-bond donors (Lipinski definition) is 1. The Hall–Kier alpha value is -0.860. The lowest BCUT2D eigenvalue weighted by molar-refractivity contribution is 0.171. The summed E-state index contributed by atoms with van der Waals surface area (Å²) in [5.74, 6) is 0.693. The molecular weight excluding hydrogens is 256 g/mol. The van der Waals surface area contributed by atoms with E-state index in [4.69, 9.17) is 0 Å². The van der Waals surface area contributed by atoms with Gasteiger partial charge in [-0.15, -0.1) is 0 Å². The molecule has 2 nitrogen and oxygen atoms in total. The van der Waals surface area contributed by atoms with Gasteiger partial charge in [-0.05, 0) is 44.2 Å². The minimum atomic E-state index is 0.674. The number of rotatable bonds is 4. The standard InChI is InChI=1S/C19H30N2/c1-3-21-13-17(16-10-8-15(2)9-11-16)12-19(14-21)20-18-6-4-5-7-18/h8-11,17-20H,3-7,12-14H2,1-2H3. The number of nitrogens with one attached hydrogen (secondary N) is 1. The van der Waals surface area contributed by atoms with Crippen molar-refractivity contribution in [1.29, 1.82) is 0 Å². The molecule has 1 aromatic carbocycles. The summed E-state index contributed by atoms with van der Waals surface area (Å²) >= 11 is 0. The van der Waals surface area contributed by atoms with Crippen molar-refractivity contribution in [2.75, 3.05) is 19.6 Å². The van der Waals surface area contributed by atoms with Gasteiger partial charge in [-0.2, -0.15) is 0 Å². The van der Waals surface area contributed by atoms with E-state index in [1.165, 1.54) is 62.9 Å². The third kappa shape index (κ3) is 3.87. The van der Waals surface area contributed by atoms with Crippen molar-refractivity contribution >= 4 is 0 Å². The van der Waals surface area contributed by atoms with Crippen LogP contribution in [0.1, 0.15) is 56.1 Å². The van der Waals surface area contributed by atoms with Crippen molar-refractivity contribution in [3.8, 4) is 0 Å². The molecule has 0 aromatic heterocycles. The second-order valence-corrected chi connectivity index (χ2v) is 7.04. The van der Waals surface area contributed by atoms with Crippen LogP contribution in [0.5, 0.6) is 0 Å². The van der Waals surface area contributed by atoms with Gasteiger partial charge in [-0.25, -0.2) is 0 Å². The first kappa shape index (κ1) is 15.1. The summed E-state index contributed by atoms with van der Waals surface area (Å²) in [6.45, 7) is 8.10. The molecule has 1 aromatic rings. The molecule has 0 radical (unpaired) electrons. The molecule has 1 saturated heterocycles. The summed E-state index contributed by atoms with van der Waals surface area (Å²) in [6.07, 6.45) is 6.91. The number of hydrogen-bond acceptors (Lipinski definition) is 2. The molecule has 2 atom stereocenters. The summed E-state index contributed by atoms with van der Waals surface area (Å²) in [7, 11) is 0. The molecule has 1 aliphatic carbocycles. The molecule has 21 heavy (non-hydrogen) atoms. The summed E-state index contributed by atoms with van der Waals surface area (Å²) < 4.78 is 0. The molecule has 1 heterocycles. The molecular formula is C19H30N2. The van der Waals surface area contributed by atoms with Crippen molar-refractivity contribution in [1.82, 2.24) is 10.2 Å². The molecule has 1 aliphatic heterocycles. The third-order valence-corrected chi connectivity index (χ3v) is 5.35. The van der Waals surface area contributed by atoms with E-state index in [1.54, 1.807) is 0 Å². The summed E-state index contributed by atoms with van der Waals surface area (Å²) in [4.78, 5) is 2.63. The Balaban J connectivity index is 1.66. The Kier molecular flexibility index (Phi) is 4.97. The number of benzene rings is 1. The topological polar surface area (TPSA) is 15.3 Å². The third-order valence-electron chi connectivity index (χ3n) is 5.35. The first-order valence-electron chi connectivity index (χ1n) is 8.79. The van der Waals surface area contributed by atoms with Crippen molar-refractivity contribution in [2.45, 2.75) is 64.0 Å². The largest absolute Gasteiger partial charge is 0.310 e. The molecule has 0 bridgehead atoms. The molecule has 2 unspecified atom stereocenters. The Bertz CT molecular complexity index is 433. The van der Waals surface area contributed by atoms with Crippen molar-refractivity contribution in [3.05, 3.63) is 35.4 Å². The van der Waals surface area contributed by atoms with Crippen LogP contribution in [0.15, 0.2) is 24.3 Å². The van der Waals surface area contributed by atoms with Gasteiger partial charge in [0, 0.05) is 25.2 Å². The van der Waals surface area contributed by atoms with Crippen LogP contribution in [-0.4, -0.2) is 36.6 Å². The van der Waals surface area contributed by atoms with Gasteiger partial charge >= 0.3 is 0 Å². The van der Waals surface area contributed by atoms with Crippen LogP contribution in [0.25, 0.3) is 0 Å². The highest BCUT2D eigenvalue weighted by Gasteiger charge is 2.29. The Morgan fingerprint density at radius 3 is 2.43 bits per heavy atom. The number of likely N-dealkylation sites (tertiary alicyclic amines) is 1. The van der Waals surface area contributed by atoms with Gasteiger partial charge in [-0.3, -0.25) is 0 Å². The lowest BCUT2D eigenvalue weighted by Gasteiger charge is -2.39. The van der Waals surface area contributed by atoms with Crippen LogP contribution < -0.4 is 5.32 Å². The fourth-order valence-corrected chi connectivity index (χ4v) is 4.08. The number of piperidine rings is 1. The van der Waals surface area contributed by atoms with Gasteiger partial charge in [-0.1, -0.05) is 49.6 Å². The smallest absolute Gasteiger partial charge is 0.0203 e. The van der Waals surface area contributed by atoms with E-state index in [0.29, 0.717) is 12.0 Å². The van der Waals surface area contributed by atoms with E-state index in [-0.39, 0.29) is 0 Å². The average Bonchev–Trinajstić information content (AvgIpc) is 3.00. The number of nitrogens with zero attached hydrogens (tertiary/aromatic N) is 1. The van der Waals surface area contributed by atoms with Gasteiger partial charge < -0.3 is 10.2 Å². The molecule has 1 N–H and O–H groups in total. The maximum Gasteiger partial charge on any atom is 0.0203 e. The zero-order valence-corrected chi connectivity index (χ0v) is 13.6. The van der Waals surface area contributed by atoms with E-state index in [1.807, 2.05) is 0 Å². The average molecular weight is 286 g/mol. The second-order valence-electron chi connectivity index (χ2n) is 7.04. The highest BCUT2D eigenvalue weighted by molar-refractivity contribution is 5.25. The zero-order chi connectivity index (χ0) is 14.7. The zero-order valence-electron chi connectivity index (χ0n) is 13.6. The maximum absolute atomic E-state index is 3.95. The van der Waals surface area contributed by atoms with E-state index < -0.39 is 0 Å². The van der Waals surface area contributed by atoms with Crippen LogP contribution in [0.3, 0.4) is 0 Å². The van der Waals surface area contributed by atoms with E-state index in [9.17, 15) is 0 Å². The first-order chi connectivity index (χ1) is 10.2. The maximum atomic E-state index is 3.95. The van der Waals surface area contributed by atoms with Gasteiger partial charge in [0.1, 0.15) is 0 Å². The van der Waals surface area contributed by atoms with E-state index in [2.05, 4.69) is 48.3 Å². The molecule has 0 amide bonds. The summed E-state index contributed by atoms with van der Waals surface area (Å²) in [6, 6.07) is 10.7. The predicted octanol–water partition coefficient (Wildman–Crippen LogP) is 3.71. The summed E-state index contributed by atoms with van der Waals surface area (Å²) in [5, 5.41) is 3.95. The van der Waals surface area contributed by atoms with Crippen LogP contribution in [0.2, 0.25) is 0 Å². The summed E-state index contributed by atoms with van der Waals surface area (Å²) in [5.41, 5.74) is 2.89. The van der Waals surface area contributed by atoms with Crippen molar-refractivity contribution < 1.29 is 0 Å². The quantitative estimate of drug-likeness (QED) is 0.908. The lowest BCUT2D eigenvalue weighted by atomic mass is 9.87. The minimum absolute atomic E-state index is 0.674. The van der Waals surface area contributed by atoms with E-state index >= 15 is 0 Å². The fraction of sp³-hybridized carbons (Fsp3) is 0.684. The van der Waals surface area contributed by atoms with Crippen molar-refractivity contribution in [3.63, 3.8) is 0 Å². The van der Waals surface area contributed by atoms with Crippen LogP contribution in [0, 0.1) is 6.92 Å².